The number of nitrogens with two attached hydrogens (primary N) is 1. The van der Waals surface area contributed by atoms with Gasteiger partial charge in [0.05, 0.1) is 12.2 Å². The van der Waals surface area contributed by atoms with Gasteiger partial charge in [-0.1, -0.05) is 0 Å². The molecular weight excluding hydrogens is 212 g/mol. The van der Waals surface area contributed by atoms with Gasteiger partial charge in [0.1, 0.15) is 0 Å². The Morgan fingerprint density at radius 1 is 1.71 bits per heavy atom. The third kappa shape index (κ3) is 2.36. The minimum absolute atomic E-state index is 0. The van der Waals surface area contributed by atoms with Crippen LogP contribution in [0.5, 0.6) is 5.88 Å². The van der Waals surface area contributed by atoms with Crippen molar-refractivity contribution in [2.75, 3.05) is 6.61 Å². The van der Waals surface area contributed by atoms with Crippen LogP contribution in [0.4, 0.5) is 0 Å². The highest BCUT2D eigenvalue weighted by Crippen LogP contribution is 2.20. The van der Waals surface area contributed by atoms with Crippen LogP contribution in [0.3, 0.4) is 0 Å². The van der Waals surface area contributed by atoms with Gasteiger partial charge in [0.15, 0.2) is 0 Å². The molecule has 0 aromatic carbocycles. The Labute approximate surface area is 86.4 Å². The molecule has 0 spiro atoms. The van der Waals surface area contributed by atoms with Crippen LogP contribution in [0.2, 0.25) is 0 Å². The fourth-order valence-corrected chi connectivity index (χ4v) is 0.893. The summed E-state index contributed by atoms with van der Waals surface area (Å²) in [5.74, 6) is -1.30. The van der Waals surface area contributed by atoms with Crippen molar-refractivity contribution in [3.8, 4) is 5.88 Å². The number of carbonyl (C=O) groups is 1. The predicted molar refractivity (Wildman–Crippen MR) is 49.8 cm³/mol. The number of halogens is 1. The molecule has 7 heteroatoms. The average molecular weight is 223 g/mol. The monoisotopic (exact) mass is 222 g/mol. The van der Waals surface area contributed by atoms with E-state index in [1.165, 1.54) is 0 Å². The van der Waals surface area contributed by atoms with Gasteiger partial charge in [-0.25, -0.2) is 4.79 Å². The Balaban J connectivity index is 0.00000169. The molecule has 0 aliphatic carbocycles. The summed E-state index contributed by atoms with van der Waals surface area (Å²) in [6, 6.07) is 0. The van der Waals surface area contributed by atoms with Gasteiger partial charge in [-0.15, -0.1) is 12.4 Å². The van der Waals surface area contributed by atoms with Crippen molar-refractivity contribution in [3.63, 3.8) is 0 Å². The van der Waals surface area contributed by atoms with Gasteiger partial charge >= 0.3 is 5.97 Å². The van der Waals surface area contributed by atoms with E-state index >= 15 is 0 Å². The summed E-state index contributed by atoms with van der Waals surface area (Å²) in [7, 11) is 0. The number of nitrogens with zero attached hydrogens (tertiary/aromatic N) is 1. The van der Waals surface area contributed by atoms with Crippen molar-refractivity contribution in [2.24, 2.45) is 5.73 Å². The van der Waals surface area contributed by atoms with Crippen LogP contribution in [0.15, 0.2) is 4.52 Å². The molecule has 0 saturated carbocycles. The average Bonchev–Trinajstić information content (AvgIpc) is 2.48. The van der Waals surface area contributed by atoms with E-state index < -0.39 is 5.97 Å². The summed E-state index contributed by atoms with van der Waals surface area (Å²) in [4.78, 5) is 10.6. The van der Waals surface area contributed by atoms with Crippen LogP contribution in [-0.4, -0.2) is 22.8 Å². The predicted octanol–water partition coefficient (Wildman–Crippen LogP) is 0.652. The van der Waals surface area contributed by atoms with Gasteiger partial charge in [-0.05, 0) is 12.1 Å². The minimum atomic E-state index is -1.20. The highest BCUT2D eigenvalue weighted by Gasteiger charge is 2.21. The highest BCUT2D eigenvalue weighted by atomic mass is 35.5. The van der Waals surface area contributed by atoms with E-state index in [-0.39, 0.29) is 36.2 Å². The lowest BCUT2D eigenvalue weighted by molar-refractivity contribution is 0.0650. The number of carboxylic acid groups (broad SMARTS) is 1. The summed E-state index contributed by atoms with van der Waals surface area (Å²) in [6.07, 6.45) is 0. The van der Waals surface area contributed by atoms with E-state index in [0.717, 1.165) is 0 Å². The van der Waals surface area contributed by atoms with E-state index in [9.17, 15) is 4.79 Å². The lowest BCUT2D eigenvalue weighted by Gasteiger charge is -1.98. The molecule has 0 saturated heterocycles. The quantitative estimate of drug-likeness (QED) is 0.776. The molecule has 3 N–H and O–H groups in total. The third-order valence-corrected chi connectivity index (χ3v) is 1.43. The Morgan fingerprint density at radius 3 is 2.79 bits per heavy atom. The number of carboxylic acids is 1. The Hall–Kier alpha value is -1.27. The second kappa shape index (κ2) is 5.46. The largest absolute Gasteiger partial charge is 0.476 e. The zero-order chi connectivity index (χ0) is 9.84. The number of aromatic nitrogens is 1. The number of hydrogen-bond donors (Lipinski definition) is 2. The van der Waals surface area contributed by atoms with Crippen LogP contribution in [-0.2, 0) is 6.54 Å². The molecule has 1 rings (SSSR count). The van der Waals surface area contributed by atoms with Gasteiger partial charge in [0.25, 0.3) is 11.6 Å². The first-order valence-electron chi connectivity index (χ1n) is 3.75. The zero-order valence-electron chi connectivity index (χ0n) is 7.52. The van der Waals surface area contributed by atoms with E-state index in [0.29, 0.717) is 6.61 Å². The summed E-state index contributed by atoms with van der Waals surface area (Å²) < 4.78 is 9.56. The third-order valence-electron chi connectivity index (χ3n) is 1.43. The summed E-state index contributed by atoms with van der Waals surface area (Å²) in [5.41, 5.74) is 5.61. The van der Waals surface area contributed by atoms with Crippen molar-refractivity contribution in [1.29, 1.82) is 0 Å². The fourth-order valence-electron chi connectivity index (χ4n) is 0.893. The number of rotatable bonds is 4. The molecule has 0 bridgehead atoms. The van der Waals surface area contributed by atoms with Gasteiger partial charge in [-0.3, -0.25) is 0 Å². The van der Waals surface area contributed by atoms with E-state index in [1.807, 2.05) is 0 Å². The molecule has 0 aliphatic rings. The van der Waals surface area contributed by atoms with E-state index in [2.05, 4.69) is 9.68 Å². The Kier molecular flexibility index (Phi) is 4.96. The van der Waals surface area contributed by atoms with Gasteiger partial charge in [-0.2, -0.15) is 0 Å². The number of ether oxygens (including phenoxy) is 1. The Morgan fingerprint density at radius 2 is 2.36 bits per heavy atom. The topological polar surface area (TPSA) is 98.6 Å². The minimum Gasteiger partial charge on any atom is -0.476 e. The summed E-state index contributed by atoms with van der Waals surface area (Å²) in [6.45, 7) is 2.18. The molecule has 0 fully saturated rings. The second-order valence-electron chi connectivity index (χ2n) is 2.24. The first kappa shape index (κ1) is 12.7. The smallest absolute Gasteiger partial charge is 0.375 e. The van der Waals surface area contributed by atoms with Crippen molar-refractivity contribution in [3.05, 3.63) is 11.3 Å². The maximum Gasteiger partial charge on any atom is 0.375 e. The molecule has 1 aromatic heterocycles. The number of hydrogen-bond acceptors (Lipinski definition) is 5. The highest BCUT2D eigenvalue weighted by molar-refractivity contribution is 5.86. The Bertz CT molecular complexity index is 313. The van der Waals surface area contributed by atoms with Crippen LogP contribution < -0.4 is 10.5 Å². The molecular formula is C7H11ClN2O4. The zero-order valence-corrected chi connectivity index (χ0v) is 8.34. The molecule has 0 radical (unpaired) electrons. The SMILES string of the molecule is CCOc1noc(C(=O)O)c1CN.Cl. The van der Waals surface area contributed by atoms with Crippen LogP contribution >= 0.6 is 12.4 Å². The normalized spacial score (nSPS) is 9.29. The van der Waals surface area contributed by atoms with Crippen molar-refractivity contribution in [1.82, 2.24) is 5.16 Å². The molecule has 1 aromatic rings. The first-order valence-corrected chi connectivity index (χ1v) is 3.75. The molecule has 80 valence electrons. The molecule has 14 heavy (non-hydrogen) atoms. The van der Waals surface area contributed by atoms with Gasteiger partial charge in [0.2, 0.25) is 0 Å². The van der Waals surface area contributed by atoms with Gasteiger partial charge in [0, 0.05) is 6.54 Å². The molecule has 6 nitrogen and oxygen atoms in total. The lowest BCUT2D eigenvalue weighted by atomic mass is 10.2. The van der Waals surface area contributed by atoms with Crippen molar-refractivity contribution >= 4 is 18.4 Å². The second-order valence-corrected chi connectivity index (χ2v) is 2.24. The molecule has 0 unspecified atom stereocenters. The van der Waals surface area contributed by atoms with Crippen LogP contribution in [0.1, 0.15) is 23.0 Å². The molecule has 1 heterocycles. The molecule has 0 atom stereocenters. The van der Waals surface area contributed by atoms with Crippen LogP contribution in [0.25, 0.3) is 0 Å². The standard InChI is InChI=1S/C7H10N2O4.ClH/c1-2-12-6-4(3-8)5(7(10)11)13-9-6;/h2-3,8H2,1H3,(H,10,11);1H. The van der Waals surface area contributed by atoms with E-state index in [1.54, 1.807) is 6.92 Å². The maximum atomic E-state index is 10.6. The van der Waals surface area contributed by atoms with Crippen LogP contribution in [0, 0.1) is 0 Å². The number of aromatic carboxylic acids is 1. The summed E-state index contributed by atoms with van der Waals surface area (Å²) in [5, 5.41) is 12.1. The first-order chi connectivity index (χ1) is 6.20. The van der Waals surface area contributed by atoms with Crippen molar-refractivity contribution < 1.29 is 19.2 Å². The lowest BCUT2D eigenvalue weighted by Crippen LogP contribution is -2.06. The fraction of sp³-hybridized carbons (Fsp3) is 0.429. The molecule has 0 aliphatic heterocycles. The molecule has 0 amide bonds. The maximum absolute atomic E-state index is 10.6. The van der Waals surface area contributed by atoms with E-state index in [4.69, 9.17) is 15.6 Å². The van der Waals surface area contributed by atoms with Crippen molar-refractivity contribution in [2.45, 2.75) is 13.5 Å². The van der Waals surface area contributed by atoms with Gasteiger partial charge < -0.3 is 20.1 Å². The summed E-state index contributed by atoms with van der Waals surface area (Å²) >= 11 is 0.